The van der Waals surface area contributed by atoms with Crippen molar-refractivity contribution < 1.29 is 19.8 Å². The summed E-state index contributed by atoms with van der Waals surface area (Å²) in [6, 6.07) is 8.54. The van der Waals surface area contributed by atoms with E-state index in [2.05, 4.69) is 5.73 Å². The Labute approximate surface area is 92.5 Å². The maximum Gasteiger partial charge on any atom is 0.402 e. The number of amides is 1. The molecule has 6 heteroatoms. The van der Waals surface area contributed by atoms with Gasteiger partial charge in [0.25, 0.3) is 0 Å². The molecule has 0 heterocycles. The van der Waals surface area contributed by atoms with Gasteiger partial charge in [0.2, 0.25) is 0 Å². The van der Waals surface area contributed by atoms with E-state index in [1.807, 2.05) is 30.3 Å². The van der Waals surface area contributed by atoms with E-state index in [-0.39, 0.29) is 0 Å². The van der Waals surface area contributed by atoms with Gasteiger partial charge < -0.3 is 21.7 Å². The van der Waals surface area contributed by atoms with Crippen LogP contribution in [0.3, 0.4) is 0 Å². The molecular weight excluding hydrogens is 212 g/mol. The van der Waals surface area contributed by atoms with Crippen molar-refractivity contribution >= 4 is 12.1 Å². The molecule has 1 atom stereocenters. The van der Waals surface area contributed by atoms with Crippen LogP contribution in [-0.4, -0.2) is 28.3 Å². The maximum atomic E-state index is 10.4. The van der Waals surface area contributed by atoms with Gasteiger partial charge in [-0.3, -0.25) is 4.79 Å². The number of benzene rings is 1. The minimum absolute atomic E-state index is 0.385. The van der Waals surface area contributed by atoms with Crippen molar-refractivity contribution in [1.82, 2.24) is 0 Å². The van der Waals surface area contributed by atoms with Crippen LogP contribution in [0.5, 0.6) is 0 Å². The summed E-state index contributed by atoms with van der Waals surface area (Å²) in [4.78, 5) is 19.2. The summed E-state index contributed by atoms with van der Waals surface area (Å²) in [5.74, 6) is -0.959. The van der Waals surface area contributed by atoms with Gasteiger partial charge in [-0.05, 0) is 12.0 Å². The fourth-order valence-electron chi connectivity index (χ4n) is 0.955. The Morgan fingerprint density at radius 1 is 1.19 bits per heavy atom. The molecular formula is C10H14N2O4. The van der Waals surface area contributed by atoms with E-state index in [0.29, 0.717) is 6.42 Å². The predicted molar refractivity (Wildman–Crippen MR) is 58.0 cm³/mol. The molecule has 0 fully saturated rings. The molecule has 88 valence electrons. The van der Waals surface area contributed by atoms with Gasteiger partial charge in [-0.1, -0.05) is 30.3 Å². The highest BCUT2D eigenvalue weighted by Gasteiger charge is 2.10. The van der Waals surface area contributed by atoms with E-state index in [1.165, 1.54) is 0 Å². The lowest BCUT2D eigenvalue weighted by molar-refractivity contribution is -0.138. The molecule has 0 spiro atoms. The molecule has 1 amide bonds. The summed E-state index contributed by atoms with van der Waals surface area (Å²) in [7, 11) is 0. The summed E-state index contributed by atoms with van der Waals surface area (Å²) < 4.78 is 0. The molecule has 0 aliphatic rings. The fraction of sp³-hybridized carbons (Fsp3) is 0.200. The van der Waals surface area contributed by atoms with Gasteiger partial charge in [0.15, 0.2) is 0 Å². The standard InChI is InChI=1S/C9H11NO2.CH3NO2/c10-8(9(11)12)6-7-4-2-1-3-5-7;2-1(3)4/h1-5,8H,6,10H2,(H,11,12);2H2,(H,3,4)/t8-;/m0./s1. The zero-order valence-electron chi connectivity index (χ0n) is 8.54. The minimum Gasteiger partial charge on any atom is -0.480 e. The molecule has 0 aliphatic heterocycles. The SMILES string of the molecule is NC(=O)O.N[C@@H](Cc1ccccc1)C(=O)O. The van der Waals surface area contributed by atoms with E-state index in [1.54, 1.807) is 0 Å². The Balaban J connectivity index is 0.000000487. The minimum atomic E-state index is -1.33. The highest BCUT2D eigenvalue weighted by molar-refractivity contribution is 5.73. The summed E-state index contributed by atoms with van der Waals surface area (Å²) >= 11 is 0. The van der Waals surface area contributed by atoms with Crippen molar-refractivity contribution in [2.24, 2.45) is 11.5 Å². The van der Waals surface area contributed by atoms with Gasteiger partial charge >= 0.3 is 12.1 Å². The molecule has 0 radical (unpaired) electrons. The van der Waals surface area contributed by atoms with Gasteiger partial charge in [0.1, 0.15) is 6.04 Å². The predicted octanol–water partition coefficient (Wildman–Crippen LogP) is 0.264. The third-order valence-electron chi connectivity index (χ3n) is 1.62. The zero-order valence-corrected chi connectivity index (χ0v) is 8.54. The number of nitrogens with two attached hydrogens (primary N) is 2. The van der Waals surface area contributed by atoms with Crippen LogP contribution in [0.2, 0.25) is 0 Å². The lowest BCUT2D eigenvalue weighted by atomic mass is 10.1. The normalized spacial score (nSPS) is 10.8. The fourth-order valence-corrected chi connectivity index (χ4v) is 0.955. The molecule has 6 nitrogen and oxygen atoms in total. The lowest BCUT2D eigenvalue weighted by Crippen LogP contribution is -2.32. The van der Waals surface area contributed by atoms with Gasteiger partial charge in [-0.2, -0.15) is 0 Å². The molecule has 0 aliphatic carbocycles. The van der Waals surface area contributed by atoms with Gasteiger partial charge in [0.05, 0.1) is 0 Å². The number of aliphatic carboxylic acids is 1. The third-order valence-corrected chi connectivity index (χ3v) is 1.62. The summed E-state index contributed by atoms with van der Waals surface area (Å²) in [6.07, 6.45) is -0.948. The molecule has 0 saturated heterocycles. The van der Waals surface area contributed by atoms with Crippen LogP contribution in [-0.2, 0) is 11.2 Å². The lowest BCUT2D eigenvalue weighted by Gasteiger charge is -2.04. The Morgan fingerprint density at radius 2 is 1.62 bits per heavy atom. The largest absolute Gasteiger partial charge is 0.480 e. The van der Waals surface area contributed by atoms with E-state index in [9.17, 15) is 4.79 Å². The summed E-state index contributed by atoms with van der Waals surface area (Å²) in [5, 5.41) is 15.7. The molecule has 0 aromatic heterocycles. The van der Waals surface area contributed by atoms with Crippen molar-refractivity contribution in [1.29, 1.82) is 0 Å². The van der Waals surface area contributed by atoms with Crippen LogP contribution >= 0.6 is 0 Å². The van der Waals surface area contributed by atoms with Gasteiger partial charge in [0, 0.05) is 0 Å². The number of primary amides is 1. The summed E-state index contributed by atoms with van der Waals surface area (Å²) in [5.41, 5.74) is 10.3. The Kier molecular flexibility index (Phi) is 6.30. The van der Waals surface area contributed by atoms with Crippen molar-refractivity contribution in [3.63, 3.8) is 0 Å². The average Bonchev–Trinajstić information content (AvgIpc) is 2.18. The van der Waals surface area contributed by atoms with Crippen molar-refractivity contribution in [2.45, 2.75) is 12.5 Å². The maximum absolute atomic E-state index is 10.4. The third kappa shape index (κ3) is 7.34. The second kappa shape index (κ2) is 7.24. The first-order valence-corrected chi connectivity index (χ1v) is 4.44. The van der Waals surface area contributed by atoms with Gasteiger partial charge in [-0.15, -0.1) is 0 Å². The van der Waals surface area contributed by atoms with E-state index < -0.39 is 18.1 Å². The molecule has 1 aromatic carbocycles. The number of carbonyl (C=O) groups is 2. The molecule has 0 unspecified atom stereocenters. The number of rotatable bonds is 3. The summed E-state index contributed by atoms with van der Waals surface area (Å²) in [6.45, 7) is 0. The second-order valence-electron chi connectivity index (χ2n) is 2.97. The number of carboxylic acid groups (broad SMARTS) is 2. The molecule has 0 bridgehead atoms. The monoisotopic (exact) mass is 226 g/mol. The first-order valence-electron chi connectivity index (χ1n) is 4.44. The first kappa shape index (κ1) is 13.9. The van der Waals surface area contributed by atoms with E-state index >= 15 is 0 Å². The van der Waals surface area contributed by atoms with E-state index in [4.69, 9.17) is 20.7 Å². The van der Waals surface area contributed by atoms with E-state index in [0.717, 1.165) is 5.56 Å². The zero-order chi connectivity index (χ0) is 12.6. The van der Waals surface area contributed by atoms with Crippen LogP contribution in [0, 0.1) is 0 Å². The number of hydrogen-bond donors (Lipinski definition) is 4. The van der Waals surface area contributed by atoms with Crippen LogP contribution < -0.4 is 11.5 Å². The molecule has 1 aromatic rings. The molecule has 0 saturated carbocycles. The molecule has 1 rings (SSSR count). The van der Waals surface area contributed by atoms with Crippen LogP contribution in [0.4, 0.5) is 4.79 Å². The number of hydrogen-bond acceptors (Lipinski definition) is 3. The van der Waals surface area contributed by atoms with Gasteiger partial charge in [-0.25, -0.2) is 4.79 Å². The highest BCUT2D eigenvalue weighted by Crippen LogP contribution is 2.01. The molecule has 16 heavy (non-hydrogen) atoms. The first-order chi connectivity index (χ1) is 7.43. The smallest absolute Gasteiger partial charge is 0.402 e. The van der Waals surface area contributed by atoms with Crippen molar-refractivity contribution in [2.75, 3.05) is 0 Å². The highest BCUT2D eigenvalue weighted by atomic mass is 16.4. The molecule has 6 N–H and O–H groups in total. The van der Waals surface area contributed by atoms with Crippen LogP contribution in [0.25, 0.3) is 0 Å². The van der Waals surface area contributed by atoms with Crippen LogP contribution in [0.15, 0.2) is 30.3 Å². The second-order valence-corrected chi connectivity index (χ2v) is 2.97. The Morgan fingerprint density at radius 3 is 2.00 bits per heavy atom. The Bertz CT molecular complexity index is 336. The quantitative estimate of drug-likeness (QED) is 0.588. The average molecular weight is 226 g/mol. The Hall–Kier alpha value is -2.08. The number of carboxylic acids is 1. The topological polar surface area (TPSA) is 127 Å². The van der Waals surface area contributed by atoms with Crippen LogP contribution in [0.1, 0.15) is 5.56 Å². The van der Waals surface area contributed by atoms with Crippen molar-refractivity contribution in [3.8, 4) is 0 Å². The van der Waals surface area contributed by atoms with Crippen molar-refractivity contribution in [3.05, 3.63) is 35.9 Å².